The van der Waals surface area contributed by atoms with Crippen molar-refractivity contribution >= 4 is 0 Å². The van der Waals surface area contributed by atoms with E-state index >= 15 is 0 Å². The number of hydrogen-bond donors (Lipinski definition) is 1. The molecule has 2 aliphatic rings. The normalized spacial score (nSPS) is 23.4. The minimum absolute atomic E-state index is 0.0146. The third-order valence-electron chi connectivity index (χ3n) is 4.34. The molecule has 4 heteroatoms. The molecule has 1 aromatic heterocycles. The van der Waals surface area contributed by atoms with Crippen LogP contribution in [0.4, 0.5) is 0 Å². The van der Waals surface area contributed by atoms with Gasteiger partial charge in [0, 0.05) is 17.3 Å². The summed E-state index contributed by atoms with van der Waals surface area (Å²) in [6.07, 6.45) is 6.11. The molecule has 1 saturated carbocycles. The lowest BCUT2D eigenvalue weighted by atomic mass is 9.81. The molecule has 1 aliphatic carbocycles. The maximum atomic E-state index is 11.8. The molecule has 1 aliphatic heterocycles. The molecule has 2 heterocycles. The molecule has 0 bridgehead atoms. The highest BCUT2D eigenvalue weighted by molar-refractivity contribution is 5.23. The van der Waals surface area contributed by atoms with Crippen molar-refractivity contribution in [1.82, 2.24) is 14.9 Å². The van der Waals surface area contributed by atoms with Gasteiger partial charge in [-0.25, -0.2) is 4.98 Å². The number of nitrogens with zero attached hydrogens (tertiary/aromatic N) is 2. The molecule has 0 spiro atoms. The van der Waals surface area contributed by atoms with Crippen LogP contribution in [0.5, 0.6) is 0 Å². The average molecular weight is 245 g/mol. The van der Waals surface area contributed by atoms with E-state index in [-0.39, 0.29) is 5.56 Å². The molecule has 1 N–H and O–H groups in total. The van der Waals surface area contributed by atoms with E-state index in [0.717, 1.165) is 24.2 Å². The lowest BCUT2D eigenvalue weighted by Gasteiger charge is -2.42. The second-order valence-corrected chi connectivity index (χ2v) is 5.46. The first-order valence-corrected chi connectivity index (χ1v) is 6.67. The molecular weight excluding hydrogens is 226 g/mol. The van der Waals surface area contributed by atoms with Crippen LogP contribution in [0.3, 0.4) is 0 Å². The Labute approximate surface area is 107 Å². The number of aromatic nitrogens is 2. The van der Waals surface area contributed by atoms with Gasteiger partial charge >= 0.3 is 0 Å². The fourth-order valence-corrected chi connectivity index (χ4v) is 2.90. The molecule has 1 fully saturated rings. The summed E-state index contributed by atoms with van der Waals surface area (Å²) in [7, 11) is 0. The maximum Gasteiger partial charge on any atom is 0.254 e. The number of hydrogen-bond acceptors (Lipinski definition) is 3. The van der Waals surface area contributed by atoms with Gasteiger partial charge in [0.2, 0.25) is 0 Å². The monoisotopic (exact) mass is 245 g/mol. The van der Waals surface area contributed by atoms with Gasteiger partial charge in [-0.1, -0.05) is 13.0 Å². The summed E-state index contributed by atoms with van der Waals surface area (Å²) in [6.45, 7) is 7.16. The highest BCUT2D eigenvalue weighted by atomic mass is 16.1. The van der Waals surface area contributed by atoms with Crippen LogP contribution < -0.4 is 5.56 Å². The highest BCUT2D eigenvalue weighted by Gasteiger charge is 2.31. The van der Waals surface area contributed by atoms with E-state index in [4.69, 9.17) is 0 Å². The Hall–Kier alpha value is -1.58. The topological polar surface area (TPSA) is 49.0 Å². The zero-order valence-electron chi connectivity index (χ0n) is 10.8. The van der Waals surface area contributed by atoms with Gasteiger partial charge < -0.3 is 9.88 Å². The van der Waals surface area contributed by atoms with Crippen molar-refractivity contribution in [2.75, 3.05) is 0 Å². The summed E-state index contributed by atoms with van der Waals surface area (Å²) >= 11 is 0. The molecule has 1 unspecified atom stereocenters. The fourth-order valence-electron chi connectivity index (χ4n) is 2.90. The Kier molecular flexibility index (Phi) is 2.73. The predicted octanol–water partition coefficient (Wildman–Crippen LogP) is 1.83. The van der Waals surface area contributed by atoms with Crippen molar-refractivity contribution in [3.05, 3.63) is 40.2 Å². The molecule has 0 radical (unpaired) electrons. The smallest absolute Gasteiger partial charge is 0.254 e. The minimum Gasteiger partial charge on any atom is -0.366 e. The number of nitrogens with one attached hydrogen (secondary N) is 1. The second-order valence-electron chi connectivity index (χ2n) is 5.46. The van der Waals surface area contributed by atoms with Crippen molar-refractivity contribution in [2.24, 2.45) is 5.92 Å². The number of H-pyrrole nitrogens is 1. The standard InChI is InChI=1S/C14H19N3O/c1-9-6-12-13(15-8-16-14(12)18)7-17(9)10(2)11-4-3-5-11/h8-9,11H,2-7H2,1H3,(H,15,16,18). The second kappa shape index (κ2) is 4.26. The minimum atomic E-state index is 0.0146. The van der Waals surface area contributed by atoms with E-state index in [2.05, 4.69) is 28.4 Å². The summed E-state index contributed by atoms with van der Waals surface area (Å²) in [4.78, 5) is 21.1. The van der Waals surface area contributed by atoms with Crippen LogP contribution in [0.2, 0.25) is 0 Å². The molecule has 1 aromatic rings. The van der Waals surface area contributed by atoms with E-state index in [1.807, 2.05) is 0 Å². The Morgan fingerprint density at radius 2 is 2.33 bits per heavy atom. The fraction of sp³-hybridized carbons (Fsp3) is 0.571. The largest absolute Gasteiger partial charge is 0.366 e. The molecule has 1 atom stereocenters. The highest BCUT2D eigenvalue weighted by Crippen LogP contribution is 2.36. The number of fused-ring (bicyclic) bond motifs is 1. The van der Waals surface area contributed by atoms with Crippen LogP contribution in [-0.2, 0) is 13.0 Å². The van der Waals surface area contributed by atoms with Gasteiger partial charge in [-0.05, 0) is 32.1 Å². The van der Waals surface area contributed by atoms with Crippen molar-refractivity contribution in [3.63, 3.8) is 0 Å². The van der Waals surface area contributed by atoms with Crippen molar-refractivity contribution in [2.45, 2.75) is 45.2 Å². The van der Waals surface area contributed by atoms with Crippen LogP contribution >= 0.6 is 0 Å². The SMILES string of the molecule is C=C(C1CCC1)N1Cc2nc[nH]c(=O)c2CC1C. The molecule has 18 heavy (non-hydrogen) atoms. The van der Waals surface area contributed by atoms with E-state index in [9.17, 15) is 4.79 Å². The summed E-state index contributed by atoms with van der Waals surface area (Å²) in [5.41, 5.74) is 3.02. The van der Waals surface area contributed by atoms with Gasteiger partial charge in [0.25, 0.3) is 5.56 Å². The molecule has 4 nitrogen and oxygen atoms in total. The summed E-state index contributed by atoms with van der Waals surface area (Å²) in [5.74, 6) is 0.649. The lowest BCUT2D eigenvalue weighted by molar-refractivity contribution is 0.181. The zero-order valence-corrected chi connectivity index (χ0v) is 10.8. The Morgan fingerprint density at radius 1 is 1.56 bits per heavy atom. The zero-order chi connectivity index (χ0) is 12.7. The van der Waals surface area contributed by atoms with Crippen LogP contribution in [-0.4, -0.2) is 20.9 Å². The van der Waals surface area contributed by atoms with E-state index in [1.54, 1.807) is 0 Å². The summed E-state index contributed by atoms with van der Waals surface area (Å²) < 4.78 is 0. The van der Waals surface area contributed by atoms with Gasteiger partial charge in [-0.15, -0.1) is 0 Å². The quantitative estimate of drug-likeness (QED) is 0.864. The number of aromatic amines is 1. The van der Waals surface area contributed by atoms with Crippen LogP contribution in [0.25, 0.3) is 0 Å². The summed E-state index contributed by atoms with van der Waals surface area (Å²) in [5, 5.41) is 0. The molecule has 0 aromatic carbocycles. The molecular formula is C14H19N3O. The average Bonchev–Trinajstić information content (AvgIpc) is 2.27. The third-order valence-corrected chi connectivity index (χ3v) is 4.34. The first-order chi connectivity index (χ1) is 8.66. The van der Waals surface area contributed by atoms with Gasteiger partial charge in [0.15, 0.2) is 0 Å². The molecule has 3 rings (SSSR count). The van der Waals surface area contributed by atoms with Gasteiger partial charge in [0.05, 0.1) is 18.6 Å². The van der Waals surface area contributed by atoms with E-state index in [1.165, 1.54) is 31.3 Å². The van der Waals surface area contributed by atoms with E-state index in [0.29, 0.717) is 12.0 Å². The Morgan fingerprint density at radius 3 is 3.00 bits per heavy atom. The van der Waals surface area contributed by atoms with Crippen molar-refractivity contribution in [3.8, 4) is 0 Å². The Bertz CT molecular complexity index is 530. The number of allylic oxidation sites excluding steroid dienone is 1. The molecule has 96 valence electrons. The predicted molar refractivity (Wildman–Crippen MR) is 70.0 cm³/mol. The molecule has 0 amide bonds. The first-order valence-electron chi connectivity index (χ1n) is 6.67. The van der Waals surface area contributed by atoms with Gasteiger partial charge in [-0.2, -0.15) is 0 Å². The van der Waals surface area contributed by atoms with Crippen molar-refractivity contribution in [1.29, 1.82) is 0 Å². The van der Waals surface area contributed by atoms with E-state index < -0.39 is 0 Å². The van der Waals surface area contributed by atoms with Gasteiger partial charge in [-0.3, -0.25) is 4.79 Å². The summed E-state index contributed by atoms with van der Waals surface area (Å²) in [6, 6.07) is 0.343. The van der Waals surface area contributed by atoms with Crippen LogP contribution in [0, 0.1) is 5.92 Å². The maximum absolute atomic E-state index is 11.8. The lowest BCUT2D eigenvalue weighted by Crippen LogP contribution is -2.42. The first kappa shape index (κ1) is 11.5. The van der Waals surface area contributed by atoms with Crippen LogP contribution in [0.15, 0.2) is 23.4 Å². The molecule has 0 saturated heterocycles. The van der Waals surface area contributed by atoms with Gasteiger partial charge in [0.1, 0.15) is 0 Å². The third kappa shape index (κ3) is 1.76. The van der Waals surface area contributed by atoms with Crippen LogP contribution in [0.1, 0.15) is 37.4 Å². The van der Waals surface area contributed by atoms with Crippen molar-refractivity contribution < 1.29 is 0 Å². The number of rotatable bonds is 2. The Balaban J connectivity index is 1.87.